The summed E-state index contributed by atoms with van der Waals surface area (Å²) in [5, 5.41) is 14.7. The first-order chi connectivity index (χ1) is 12.1. The fourth-order valence-corrected chi connectivity index (χ4v) is 3.56. The van der Waals surface area contributed by atoms with Gasteiger partial charge in [0.1, 0.15) is 0 Å². The minimum absolute atomic E-state index is 0.00321. The van der Waals surface area contributed by atoms with Gasteiger partial charge >= 0.3 is 0 Å². The second kappa shape index (κ2) is 6.35. The van der Waals surface area contributed by atoms with Crippen molar-refractivity contribution in [3.8, 4) is 5.88 Å². The molecule has 0 aliphatic carbocycles. The lowest BCUT2D eigenvalue weighted by Crippen LogP contribution is -1.89. The molecule has 0 amide bonds. The van der Waals surface area contributed by atoms with Crippen LogP contribution in [-0.2, 0) is 0 Å². The molecule has 0 bridgehead atoms. The van der Waals surface area contributed by atoms with Gasteiger partial charge in [-0.15, -0.1) is 0 Å². The van der Waals surface area contributed by atoms with Crippen LogP contribution in [-0.4, -0.2) is 16.3 Å². The molecular formula is C19H14ClN3OS. The number of allylic oxidation sites excluding steroid dienone is 1. The molecule has 6 heteroatoms. The van der Waals surface area contributed by atoms with Gasteiger partial charge in [-0.05, 0) is 42.8 Å². The van der Waals surface area contributed by atoms with Crippen molar-refractivity contribution in [3.05, 3.63) is 63.5 Å². The first kappa shape index (κ1) is 15.9. The van der Waals surface area contributed by atoms with E-state index in [1.807, 2.05) is 55.5 Å². The number of fused-ring (bicyclic) bond motifs is 1. The van der Waals surface area contributed by atoms with Crippen molar-refractivity contribution in [2.75, 3.05) is 5.32 Å². The van der Waals surface area contributed by atoms with Crippen LogP contribution in [0.2, 0.25) is 5.02 Å². The molecule has 124 valence electrons. The number of aromatic nitrogens is 1. The summed E-state index contributed by atoms with van der Waals surface area (Å²) in [5.41, 5.74) is 4.81. The second-order valence-corrected chi connectivity index (χ2v) is 7.11. The van der Waals surface area contributed by atoms with Crippen LogP contribution >= 0.6 is 22.9 Å². The summed E-state index contributed by atoms with van der Waals surface area (Å²) in [6.45, 7) is 1.94. The molecule has 1 aromatic heterocycles. The Morgan fingerprint density at radius 3 is 2.88 bits per heavy atom. The number of halogens is 1. The van der Waals surface area contributed by atoms with Crippen LogP contribution in [0.25, 0.3) is 11.6 Å². The average Bonchev–Trinajstić information content (AvgIpc) is 3.16. The fourth-order valence-electron chi connectivity index (χ4n) is 2.61. The number of para-hydroxylation sites is 1. The lowest BCUT2D eigenvalue weighted by molar-refractivity contribution is 0.457. The molecule has 0 unspecified atom stereocenters. The maximum absolute atomic E-state index is 10.2. The molecule has 2 N–H and O–H groups in total. The van der Waals surface area contributed by atoms with Crippen LogP contribution in [0.3, 0.4) is 0 Å². The van der Waals surface area contributed by atoms with E-state index in [1.54, 1.807) is 6.21 Å². The number of aliphatic imine (C=N–C) groups is 1. The van der Waals surface area contributed by atoms with Gasteiger partial charge in [0.05, 0.1) is 10.6 Å². The topological polar surface area (TPSA) is 57.5 Å². The van der Waals surface area contributed by atoms with Crippen molar-refractivity contribution < 1.29 is 5.11 Å². The van der Waals surface area contributed by atoms with Crippen LogP contribution in [0, 0.1) is 6.92 Å². The fraction of sp³-hybridized carbons (Fsp3) is 0.0526. The Balaban J connectivity index is 1.62. The predicted molar refractivity (Wildman–Crippen MR) is 106 cm³/mol. The first-order valence-corrected chi connectivity index (χ1v) is 8.88. The van der Waals surface area contributed by atoms with Crippen LogP contribution < -0.4 is 5.32 Å². The number of nitrogens with zero attached hydrogens (tertiary/aromatic N) is 2. The highest BCUT2D eigenvalue weighted by molar-refractivity contribution is 7.16. The molecule has 1 aliphatic heterocycles. The number of nitrogens with one attached hydrogen (secondary N) is 1. The largest absolute Gasteiger partial charge is 0.492 e. The summed E-state index contributed by atoms with van der Waals surface area (Å²) in [4.78, 5) is 9.26. The van der Waals surface area contributed by atoms with E-state index < -0.39 is 0 Å². The Labute approximate surface area is 154 Å². The van der Waals surface area contributed by atoms with Crippen molar-refractivity contribution >= 4 is 57.3 Å². The number of hydrogen-bond donors (Lipinski definition) is 2. The highest BCUT2D eigenvalue weighted by atomic mass is 35.5. The number of aromatic hydroxyl groups is 1. The molecule has 3 aromatic rings. The third-order valence-corrected chi connectivity index (χ3v) is 5.22. The van der Waals surface area contributed by atoms with Gasteiger partial charge in [-0.2, -0.15) is 4.98 Å². The standard InChI is InChI=1S/C19H14ClN3OS/c1-11-8-13(6-7-15(11)20)22-19-23-18(24)17(25-19)9-12-10-21-16-5-3-2-4-14(12)16/h2-10,24H,1H3,(H,22,23). The van der Waals surface area contributed by atoms with Crippen molar-refractivity contribution in [3.63, 3.8) is 0 Å². The van der Waals surface area contributed by atoms with Crippen molar-refractivity contribution in [1.29, 1.82) is 0 Å². The highest BCUT2D eigenvalue weighted by Crippen LogP contribution is 2.37. The summed E-state index contributed by atoms with van der Waals surface area (Å²) in [7, 11) is 0. The van der Waals surface area contributed by atoms with Gasteiger partial charge in [0.25, 0.3) is 0 Å². The lowest BCUT2D eigenvalue weighted by Gasteiger charge is -2.04. The molecule has 0 fully saturated rings. The Bertz CT molecular complexity index is 1020. The normalized spacial score (nSPS) is 14.1. The minimum Gasteiger partial charge on any atom is -0.492 e. The predicted octanol–water partition coefficient (Wildman–Crippen LogP) is 5.81. The first-order valence-electron chi connectivity index (χ1n) is 7.68. The summed E-state index contributed by atoms with van der Waals surface area (Å²) in [6, 6.07) is 13.6. The second-order valence-electron chi connectivity index (χ2n) is 5.67. The van der Waals surface area contributed by atoms with E-state index in [4.69, 9.17) is 11.6 Å². The molecule has 2 aromatic carbocycles. The minimum atomic E-state index is 0.00321. The van der Waals surface area contributed by atoms with Gasteiger partial charge < -0.3 is 10.4 Å². The van der Waals surface area contributed by atoms with E-state index in [9.17, 15) is 5.11 Å². The molecule has 4 rings (SSSR count). The Morgan fingerprint density at radius 1 is 1.20 bits per heavy atom. The molecule has 0 atom stereocenters. The summed E-state index contributed by atoms with van der Waals surface area (Å²) >= 11 is 7.43. The number of anilines is 2. The van der Waals surface area contributed by atoms with Gasteiger partial charge in [0.2, 0.25) is 5.88 Å². The van der Waals surface area contributed by atoms with Gasteiger partial charge in [-0.1, -0.05) is 41.1 Å². The van der Waals surface area contributed by atoms with Crippen molar-refractivity contribution in [1.82, 2.24) is 4.98 Å². The molecular weight excluding hydrogens is 354 g/mol. The SMILES string of the molecule is Cc1cc(Nc2nc(O)c(C=C3C=Nc4ccccc43)s2)ccc1Cl. The number of rotatable bonds is 3. The number of aryl methyl sites for hydroxylation is 1. The number of hydrogen-bond acceptors (Lipinski definition) is 5. The van der Waals surface area contributed by atoms with E-state index in [2.05, 4.69) is 15.3 Å². The molecule has 25 heavy (non-hydrogen) atoms. The maximum atomic E-state index is 10.2. The molecule has 4 nitrogen and oxygen atoms in total. The zero-order valence-corrected chi connectivity index (χ0v) is 14.9. The third-order valence-electron chi connectivity index (χ3n) is 3.89. The highest BCUT2D eigenvalue weighted by Gasteiger charge is 2.14. The van der Waals surface area contributed by atoms with Crippen molar-refractivity contribution in [2.24, 2.45) is 4.99 Å². The molecule has 0 saturated heterocycles. The maximum Gasteiger partial charge on any atom is 0.231 e. The van der Waals surface area contributed by atoms with E-state index in [0.717, 1.165) is 33.1 Å². The molecule has 0 spiro atoms. The van der Waals surface area contributed by atoms with Gasteiger partial charge in [0, 0.05) is 28.1 Å². The van der Waals surface area contributed by atoms with E-state index in [-0.39, 0.29) is 5.88 Å². The summed E-state index contributed by atoms with van der Waals surface area (Å²) in [5.74, 6) is 0.00321. The summed E-state index contributed by atoms with van der Waals surface area (Å²) in [6.07, 6.45) is 3.71. The molecule has 0 saturated carbocycles. The van der Waals surface area contributed by atoms with E-state index in [1.165, 1.54) is 11.3 Å². The monoisotopic (exact) mass is 367 g/mol. The van der Waals surface area contributed by atoms with Gasteiger partial charge in [-0.3, -0.25) is 4.99 Å². The van der Waals surface area contributed by atoms with Crippen molar-refractivity contribution in [2.45, 2.75) is 6.92 Å². The van der Waals surface area contributed by atoms with Crippen LogP contribution in [0.15, 0.2) is 47.5 Å². The molecule has 2 heterocycles. The molecule has 1 aliphatic rings. The zero-order chi connectivity index (χ0) is 17.4. The third kappa shape index (κ3) is 3.16. The Morgan fingerprint density at radius 2 is 2.04 bits per heavy atom. The number of benzene rings is 2. The summed E-state index contributed by atoms with van der Waals surface area (Å²) < 4.78 is 0. The Kier molecular flexibility index (Phi) is 4.03. The van der Waals surface area contributed by atoms with Gasteiger partial charge in [-0.25, -0.2) is 0 Å². The average molecular weight is 368 g/mol. The molecule has 0 radical (unpaired) electrons. The zero-order valence-electron chi connectivity index (χ0n) is 13.3. The van der Waals surface area contributed by atoms with Crippen LogP contribution in [0.1, 0.15) is 16.0 Å². The smallest absolute Gasteiger partial charge is 0.231 e. The quantitative estimate of drug-likeness (QED) is 0.614. The van der Waals surface area contributed by atoms with E-state index in [0.29, 0.717) is 10.0 Å². The van der Waals surface area contributed by atoms with Gasteiger partial charge in [0.15, 0.2) is 5.13 Å². The van der Waals surface area contributed by atoms with E-state index >= 15 is 0 Å². The lowest BCUT2D eigenvalue weighted by atomic mass is 10.1. The Hall–Kier alpha value is -2.63. The van der Waals surface area contributed by atoms with Crippen LogP contribution in [0.4, 0.5) is 16.5 Å². The number of thiazole rings is 1. The van der Waals surface area contributed by atoms with Crippen LogP contribution in [0.5, 0.6) is 5.88 Å².